The number of nitrogens with one attached hydrogen (secondary N) is 2. The number of ether oxygens (including phenoxy) is 3. The highest BCUT2D eigenvalue weighted by molar-refractivity contribution is 7.90. The first kappa shape index (κ1) is 25.0. The largest absolute Gasteiger partial charge is 0.493 e. The molecule has 10 nitrogen and oxygen atoms in total. The van der Waals surface area contributed by atoms with E-state index in [0.29, 0.717) is 22.6 Å². The Kier molecular flexibility index (Phi) is 7.11. The lowest BCUT2D eigenvalue weighted by Gasteiger charge is -2.13. The molecule has 0 saturated heterocycles. The molecule has 2 N–H and O–H groups in total. The summed E-state index contributed by atoms with van der Waals surface area (Å²) < 4.78 is 39.0. The number of benzene rings is 1. The number of carbonyl (C=O) groups is 2. The van der Waals surface area contributed by atoms with E-state index in [-0.39, 0.29) is 36.2 Å². The van der Waals surface area contributed by atoms with E-state index in [0.717, 1.165) is 17.2 Å². The van der Waals surface area contributed by atoms with Crippen LogP contribution in [0.4, 0.5) is 5.69 Å². The third kappa shape index (κ3) is 5.57. The average Bonchev–Trinajstić information content (AvgIpc) is 3.36. The molecule has 2 aromatic heterocycles. The van der Waals surface area contributed by atoms with Crippen LogP contribution in [0, 0.1) is 6.92 Å². The lowest BCUT2D eigenvalue weighted by Crippen LogP contribution is -2.16. The van der Waals surface area contributed by atoms with Gasteiger partial charge in [-0.25, -0.2) is 18.2 Å². The van der Waals surface area contributed by atoms with Crippen LogP contribution in [0.3, 0.4) is 0 Å². The van der Waals surface area contributed by atoms with Crippen LogP contribution in [0.25, 0.3) is 17.1 Å². The second-order valence-corrected chi connectivity index (χ2v) is 10.3. The third-order valence-corrected chi connectivity index (χ3v) is 6.22. The Bertz CT molecular complexity index is 1500. The lowest BCUT2D eigenvalue weighted by molar-refractivity contribution is -0.139. The Morgan fingerprint density at radius 1 is 1.28 bits per heavy atom. The molecule has 0 unspecified atom stereocenters. The molecule has 0 bridgehead atoms. The fourth-order valence-electron chi connectivity index (χ4n) is 3.54. The molecular formula is C25H25N3O7S. The molecule has 0 fully saturated rings. The van der Waals surface area contributed by atoms with E-state index in [1.807, 2.05) is 6.07 Å². The summed E-state index contributed by atoms with van der Waals surface area (Å²) in [6, 6.07) is 8.67. The van der Waals surface area contributed by atoms with Crippen molar-refractivity contribution in [3.05, 3.63) is 71.1 Å². The van der Waals surface area contributed by atoms with Gasteiger partial charge in [-0.3, -0.25) is 4.79 Å². The number of esters is 1. The highest BCUT2D eigenvalue weighted by atomic mass is 32.2. The molecule has 1 aliphatic heterocycles. The molecule has 0 spiro atoms. The number of carbonyl (C=O) groups excluding carboxylic acids is 2. The Balaban J connectivity index is 1.59. The van der Waals surface area contributed by atoms with Gasteiger partial charge in [0.2, 0.25) is 11.7 Å². The number of aromatic amines is 1. The smallest absolute Gasteiger partial charge is 0.347 e. The maximum Gasteiger partial charge on any atom is 0.347 e. The number of aryl methyl sites for hydroxylation is 1. The predicted molar refractivity (Wildman–Crippen MR) is 134 cm³/mol. The summed E-state index contributed by atoms with van der Waals surface area (Å²) in [6.45, 7) is 3.56. The number of H-pyrrole nitrogens is 1. The standard InChI is InChI=1S/C25H25N3O7S/c1-4-33-25(30)21-22(29)20(13-16-14-27-23-18(16)6-5-9-26-23)35-24(21)28-19-8-7-17(12-15(19)2)34-10-11-36(3,31)32/h5-9,12-14,28H,4,10-11H2,1-3H3,(H,26,27). The number of hydrogen-bond donors (Lipinski definition) is 2. The normalized spacial score (nSPS) is 14.9. The number of fused-ring (bicyclic) bond motifs is 1. The summed E-state index contributed by atoms with van der Waals surface area (Å²) in [5.41, 5.74) is 2.37. The van der Waals surface area contributed by atoms with Crippen molar-refractivity contribution < 1.29 is 32.2 Å². The monoisotopic (exact) mass is 511 g/mol. The number of hydrogen-bond acceptors (Lipinski definition) is 9. The number of Topliss-reactive ketones (excluding diaryl/α,β-unsaturated/α-hetero) is 1. The van der Waals surface area contributed by atoms with Crippen LogP contribution < -0.4 is 10.1 Å². The summed E-state index contributed by atoms with van der Waals surface area (Å²) in [7, 11) is -3.14. The number of aromatic nitrogens is 2. The van der Waals surface area contributed by atoms with Gasteiger partial charge in [-0.15, -0.1) is 0 Å². The van der Waals surface area contributed by atoms with Gasteiger partial charge < -0.3 is 24.5 Å². The first-order chi connectivity index (χ1) is 17.2. The van der Waals surface area contributed by atoms with Crippen molar-refractivity contribution in [3.8, 4) is 5.75 Å². The molecule has 0 atom stereocenters. The predicted octanol–water partition coefficient (Wildman–Crippen LogP) is 3.12. The van der Waals surface area contributed by atoms with Gasteiger partial charge in [0, 0.05) is 35.3 Å². The molecule has 1 aromatic carbocycles. The summed E-state index contributed by atoms with van der Waals surface area (Å²) in [5.74, 6) is -1.10. The molecule has 1 aliphatic rings. The van der Waals surface area contributed by atoms with Crippen molar-refractivity contribution in [1.29, 1.82) is 0 Å². The van der Waals surface area contributed by atoms with Gasteiger partial charge in [0.15, 0.2) is 21.2 Å². The molecule has 0 amide bonds. The number of nitrogens with zero attached hydrogens (tertiary/aromatic N) is 1. The van der Waals surface area contributed by atoms with E-state index < -0.39 is 21.6 Å². The first-order valence-corrected chi connectivity index (χ1v) is 13.2. The summed E-state index contributed by atoms with van der Waals surface area (Å²) in [4.78, 5) is 33.0. The molecule has 11 heteroatoms. The fourth-order valence-corrected chi connectivity index (χ4v) is 3.93. The van der Waals surface area contributed by atoms with E-state index in [1.165, 1.54) is 0 Å². The van der Waals surface area contributed by atoms with Gasteiger partial charge in [0.1, 0.15) is 18.0 Å². The van der Waals surface area contributed by atoms with Gasteiger partial charge >= 0.3 is 5.97 Å². The van der Waals surface area contributed by atoms with Crippen LogP contribution in [0.2, 0.25) is 0 Å². The number of ketones is 1. The summed E-state index contributed by atoms with van der Waals surface area (Å²) >= 11 is 0. The van der Waals surface area contributed by atoms with Crippen molar-refractivity contribution >= 4 is 44.4 Å². The first-order valence-electron chi connectivity index (χ1n) is 11.1. The van der Waals surface area contributed by atoms with Crippen LogP contribution in [-0.2, 0) is 28.9 Å². The van der Waals surface area contributed by atoms with E-state index in [2.05, 4.69) is 15.3 Å². The third-order valence-electron chi connectivity index (χ3n) is 5.31. The van der Waals surface area contributed by atoms with Gasteiger partial charge in [-0.2, -0.15) is 0 Å². The molecule has 3 aromatic rings. The van der Waals surface area contributed by atoms with Crippen LogP contribution in [0.15, 0.2) is 59.9 Å². The number of sulfone groups is 1. The highest BCUT2D eigenvalue weighted by Crippen LogP contribution is 2.31. The molecule has 4 rings (SSSR count). The van der Waals surface area contributed by atoms with E-state index >= 15 is 0 Å². The van der Waals surface area contributed by atoms with Crippen LogP contribution in [-0.4, -0.2) is 55.4 Å². The van der Waals surface area contributed by atoms with Gasteiger partial charge in [0.05, 0.1) is 12.4 Å². The Labute approximate surface area is 207 Å². The molecule has 0 aliphatic carbocycles. The zero-order valence-corrected chi connectivity index (χ0v) is 20.8. The number of rotatable bonds is 9. The molecular weight excluding hydrogens is 486 g/mol. The fraction of sp³-hybridized carbons (Fsp3) is 0.240. The van der Waals surface area contributed by atoms with E-state index in [1.54, 1.807) is 56.6 Å². The van der Waals surface area contributed by atoms with Crippen molar-refractivity contribution in [1.82, 2.24) is 9.97 Å². The summed E-state index contributed by atoms with van der Waals surface area (Å²) in [6.07, 6.45) is 6.04. The highest BCUT2D eigenvalue weighted by Gasteiger charge is 2.37. The Hall–Kier alpha value is -4.12. The number of allylic oxidation sites excluding steroid dienone is 1. The van der Waals surface area contributed by atoms with Crippen LogP contribution in [0.5, 0.6) is 5.75 Å². The number of pyridine rings is 1. The molecule has 0 saturated carbocycles. The SMILES string of the molecule is CCOC(=O)C1=C(Nc2ccc(OCCS(C)(=O)=O)cc2C)OC(=Cc2c[nH]c3ncccc23)C1=O. The van der Waals surface area contributed by atoms with Crippen molar-refractivity contribution in [3.63, 3.8) is 0 Å². The summed E-state index contributed by atoms with van der Waals surface area (Å²) in [5, 5.41) is 3.80. The minimum atomic E-state index is -3.14. The Morgan fingerprint density at radius 2 is 2.08 bits per heavy atom. The Morgan fingerprint density at radius 3 is 2.81 bits per heavy atom. The lowest BCUT2D eigenvalue weighted by atomic mass is 10.1. The second-order valence-electron chi connectivity index (χ2n) is 8.09. The second kappa shape index (κ2) is 10.2. The minimum Gasteiger partial charge on any atom is -0.493 e. The number of anilines is 1. The van der Waals surface area contributed by atoms with Gasteiger partial charge in [0.25, 0.3) is 0 Å². The molecule has 36 heavy (non-hydrogen) atoms. The maximum atomic E-state index is 13.1. The quantitative estimate of drug-likeness (QED) is 0.252. The van der Waals surface area contributed by atoms with E-state index in [9.17, 15) is 18.0 Å². The van der Waals surface area contributed by atoms with Crippen molar-refractivity contribution in [2.24, 2.45) is 0 Å². The average molecular weight is 512 g/mol. The maximum absolute atomic E-state index is 13.1. The molecule has 188 valence electrons. The molecule has 3 heterocycles. The van der Waals surface area contributed by atoms with Crippen LogP contribution >= 0.6 is 0 Å². The molecule has 0 radical (unpaired) electrons. The van der Waals surface area contributed by atoms with E-state index in [4.69, 9.17) is 14.2 Å². The zero-order chi connectivity index (χ0) is 25.9. The van der Waals surface area contributed by atoms with Gasteiger partial charge in [-0.05, 0) is 55.8 Å². The van der Waals surface area contributed by atoms with Crippen molar-refractivity contribution in [2.75, 3.05) is 30.5 Å². The van der Waals surface area contributed by atoms with Crippen LogP contribution in [0.1, 0.15) is 18.1 Å². The minimum absolute atomic E-state index is 0.0261. The zero-order valence-electron chi connectivity index (χ0n) is 20.0. The van der Waals surface area contributed by atoms with Gasteiger partial charge in [-0.1, -0.05) is 0 Å². The van der Waals surface area contributed by atoms with Crippen molar-refractivity contribution in [2.45, 2.75) is 13.8 Å². The topological polar surface area (TPSA) is 137 Å².